The van der Waals surface area contributed by atoms with Gasteiger partial charge in [0, 0.05) is 17.6 Å². The van der Waals surface area contributed by atoms with Crippen molar-refractivity contribution in [2.75, 3.05) is 23.7 Å². The molecule has 0 aliphatic heterocycles. The van der Waals surface area contributed by atoms with Gasteiger partial charge in [0.15, 0.2) is 0 Å². The Balaban J connectivity index is 2.35. The number of aryl methyl sites for hydroxylation is 1. The molecule has 0 bridgehead atoms. The molecule has 2 amide bonds. The summed E-state index contributed by atoms with van der Waals surface area (Å²) in [5, 5.41) is 2.72. The van der Waals surface area contributed by atoms with E-state index in [0.717, 1.165) is 26.2 Å². The van der Waals surface area contributed by atoms with Gasteiger partial charge in [0.05, 0.1) is 11.9 Å². The first-order chi connectivity index (χ1) is 14.5. The normalized spacial score (nSPS) is 12.2. The van der Waals surface area contributed by atoms with Crippen LogP contribution in [0.4, 0.5) is 5.69 Å². The summed E-state index contributed by atoms with van der Waals surface area (Å²) in [4.78, 5) is 27.2. The highest BCUT2D eigenvalue weighted by atomic mass is 79.9. The van der Waals surface area contributed by atoms with E-state index in [1.54, 1.807) is 38.1 Å². The Morgan fingerprint density at radius 2 is 1.65 bits per heavy atom. The van der Waals surface area contributed by atoms with Crippen molar-refractivity contribution in [3.63, 3.8) is 0 Å². The second kappa shape index (κ2) is 10.8. The first kappa shape index (κ1) is 24.9. The second-order valence-electron chi connectivity index (χ2n) is 7.32. The number of carbonyl (C=O) groups excluding carboxylic acids is 2. The van der Waals surface area contributed by atoms with Gasteiger partial charge < -0.3 is 10.2 Å². The maximum Gasteiger partial charge on any atom is 0.244 e. The lowest BCUT2D eigenvalue weighted by Crippen LogP contribution is -2.51. The highest BCUT2D eigenvalue weighted by molar-refractivity contribution is 9.10. The Morgan fingerprint density at radius 1 is 1.06 bits per heavy atom. The zero-order chi connectivity index (χ0) is 23.2. The van der Waals surface area contributed by atoms with Crippen LogP contribution < -0.4 is 9.62 Å². The van der Waals surface area contributed by atoms with Crippen molar-refractivity contribution in [3.05, 3.63) is 64.1 Å². The number of hydrogen-bond donors (Lipinski definition) is 1. The summed E-state index contributed by atoms with van der Waals surface area (Å²) in [6, 6.07) is 13.5. The molecule has 0 aromatic heterocycles. The number of hydrogen-bond acceptors (Lipinski definition) is 4. The zero-order valence-electron chi connectivity index (χ0n) is 18.1. The third-order valence-corrected chi connectivity index (χ3v) is 6.45. The minimum atomic E-state index is -3.71. The van der Waals surface area contributed by atoms with Gasteiger partial charge in [-0.25, -0.2) is 8.42 Å². The smallest absolute Gasteiger partial charge is 0.244 e. The molecule has 0 unspecified atom stereocenters. The number of nitrogens with one attached hydrogen (secondary N) is 1. The number of anilines is 1. The van der Waals surface area contributed by atoms with Crippen molar-refractivity contribution < 1.29 is 18.0 Å². The maximum atomic E-state index is 13.3. The van der Waals surface area contributed by atoms with Gasteiger partial charge in [-0.15, -0.1) is 0 Å². The third kappa shape index (κ3) is 7.07. The number of sulfonamides is 1. The van der Waals surface area contributed by atoms with Gasteiger partial charge in [-0.2, -0.15) is 0 Å². The predicted octanol–water partition coefficient (Wildman–Crippen LogP) is 3.08. The van der Waals surface area contributed by atoms with Gasteiger partial charge in [0.25, 0.3) is 0 Å². The fraction of sp³-hybridized carbons (Fsp3) is 0.364. The Kier molecular flexibility index (Phi) is 8.64. The van der Waals surface area contributed by atoms with Crippen molar-refractivity contribution >= 4 is 43.5 Å². The molecule has 0 spiro atoms. The van der Waals surface area contributed by atoms with Gasteiger partial charge in [-0.1, -0.05) is 45.8 Å². The van der Waals surface area contributed by atoms with Crippen LogP contribution in [0.25, 0.3) is 0 Å². The van der Waals surface area contributed by atoms with Crippen molar-refractivity contribution in [1.82, 2.24) is 10.2 Å². The first-order valence-corrected chi connectivity index (χ1v) is 12.5. The van der Waals surface area contributed by atoms with Crippen LogP contribution in [0.15, 0.2) is 53.0 Å². The molecule has 0 aliphatic rings. The molecule has 31 heavy (non-hydrogen) atoms. The molecule has 168 valence electrons. The van der Waals surface area contributed by atoms with E-state index in [9.17, 15) is 18.0 Å². The number of carbonyl (C=O) groups is 2. The first-order valence-electron chi connectivity index (χ1n) is 9.89. The van der Waals surface area contributed by atoms with Crippen LogP contribution in [0.2, 0.25) is 0 Å². The number of benzene rings is 2. The molecule has 2 rings (SSSR count). The van der Waals surface area contributed by atoms with Gasteiger partial charge in [0.2, 0.25) is 21.8 Å². The van der Waals surface area contributed by atoms with Crippen LogP contribution in [0, 0.1) is 6.92 Å². The fourth-order valence-electron chi connectivity index (χ4n) is 3.02. The summed E-state index contributed by atoms with van der Waals surface area (Å²) in [5.74, 6) is -0.762. The molecule has 1 atom stereocenters. The van der Waals surface area contributed by atoms with E-state index in [1.165, 1.54) is 4.90 Å². The molecule has 0 saturated heterocycles. The standard InChI is InChI=1S/C22H28BrN3O4S/c1-5-24-22(28)17(3)25(14-18-8-10-19(23)11-9-18)21(27)15-26(31(4,29)30)20-12-6-16(2)7-13-20/h6-13,17H,5,14-15H2,1-4H3,(H,24,28)/t17-/m1/s1. The van der Waals surface area contributed by atoms with Crippen LogP contribution in [0.1, 0.15) is 25.0 Å². The summed E-state index contributed by atoms with van der Waals surface area (Å²) >= 11 is 3.38. The number of rotatable bonds is 9. The summed E-state index contributed by atoms with van der Waals surface area (Å²) in [6.07, 6.45) is 1.06. The molecular weight excluding hydrogens is 482 g/mol. The topological polar surface area (TPSA) is 86.8 Å². The van der Waals surface area contributed by atoms with Crippen molar-refractivity contribution in [2.45, 2.75) is 33.4 Å². The largest absolute Gasteiger partial charge is 0.355 e. The molecule has 7 nitrogen and oxygen atoms in total. The van der Waals surface area contributed by atoms with Crippen molar-refractivity contribution in [1.29, 1.82) is 0 Å². The Hall–Kier alpha value is -2.39. The minimum absolute atomic E-state index is 0.177. The monoisotopic (exact) mass is 509 g/mol. The zero-order valence-corrected chi connectivity index (χ0v) is 20.5. The maximum absolute atomic E-state index is 13.3. The van der Waals surface area contributed by atoms with E-state index in [2.05, 4.69) is 21.2 Å². The minimum Gasteiger partial charge on any atom is -0.355 e. The van der Waals surface area contributed by atoms with Gasteiger partial charge >= 0.3 is 0 Å². The van der Waals surface area contributed by atoms with E-state index >= 15 is 0 Å². The van der Waals surface area contributed by atoms with Crippen molar-refractivity contribution in [2.24, 2.45) is 0 Å². The van der Waals surface area contributed by atoms with Gasteiger partial charge in [-0.3, -0.25) is 13.9 Å². The lowest BCUT2D eigenvalue weighted by Gasteiger charge is -2.31. The Labute approximate surface area is 192 Å². The highest BCUT2D eigenvalue weighted by Crippen LogP contribution is 2.20. The molecule has 0 saturated carbocycles. The average Bonchev–Trinajstić information content (AvgIpc) is 2.71. The quantitative estimate of drug-likeness (QED) is 0.562. The number of halogens is 1. The molecule has 1 N–H and O–H groups in total. The van der Waals surface area contributed by atoms with Crippen LogP contribution in [-0.2, 0) is 26.2 Å². The van der Waals surface area contributed by atoms with Crippen LogP contribution in [-0.4, -0.2) is 50.5 Å². The molecule has 2 aromatic rings. The molecule has 2 aromatic carbocycles. The number of nitrogens with zero attached hydrogens (tertiary/aromatic N) is 2. The summed E-state index contributed by atoms with van der Waals surface area (Å²) in [7, 11) is -3.71. The number of likely N-dealkylation sites (N-methyl/N-ethyl adjacent to an activating group) is 1. The van der Waals surface area contributed by atoms with Gasteiger partial charge in [-0.05, 0) is 50.6 Å². The molecular formula is C22H28BrN3O4S. The second-order valence-corrected chi connectivity index (χ2v) is 10.1. The SMILES string of the molecule is CCNC(=O)[C@@H](C)N(Cc1ccc(Br)cc1)C(=O)CN(c1ccc(C)cc1)S(C)(=O)=O. The third-order valence-electron chi connectivity index (χ3n) is 4.79. The summed E-state index contributed by atoms with van der Waals surface area (Å²) in [5.41, 5.74) is 2.20. The fourth-order valence-corrected chi connectivity index (χ4v) is 4.13. The molecule has 9 heteroatoms. The van der Waals surface area contributed by atoms with Crippen LogP contribution in [0.5, 0.6) is 0 Å². The van der Waals surface area contributed by atoms with E-state index in [4.69, 9.17) is 0 Å². The van der Waals surface area contributed by atoms with E-state index in [0.29, 0.717) is 12.2 Å². The summed E-state index contributed by atoms with van der Waals surface area (Å²) in [6.45, 7) is 5.54. The lowest BCUT2D eigenvalue weighted by molar-refractivity contribution is -0.139. The predicted molar refractivity (Wildman–Crippen MR) is 126 cm³/mol. The van der Waals surface area contributed by atoms with E-state index in [1.807, 2.05) is 31.2 Å². The van der Waals surface area contributed by atoms with E-state index in [-0.39, 0.29) is 12.5 Å². The highest BCUT2D eigenvalue weighted by Gasteiger charge is 2.29. The lowest BCUT2D eigenvalue weighted by atomic mass is 10.1. The van der Waals surface area contributed by atoms with Crippen LogP contribution in [0.3, 0.4) is 0 Å². The molecule has 0 radical (unpaired) electrons. The summed E-state index contributed by atoms with van der Waals surface area (Å²) < 4.78 is 26.9. The number of amides is 2. The van der Waals surface area contributed by atoms with Crippen LogP contribution >= 0.6 is 15.9 Å². The molecule has 0 fully saturated rings. The van der Waals surface area contributed by atoms with Gasteiger partial charge in [0.1, 0.15) is 12.6 Å². The Morgan fingerprint density at radius 3 is 2.16 bits per heavy atom. The average molecular weight is 510 g/mol. The molecule has 0 heterocycles. The molecule has 0 aliphatic carbocycles. The Bertz CT molecular complexity index is 1010. The van der Waals surface area contributed by atoms with Crippen molar-refractivity contribution in [3.8, 4) is 0 Å². The van der Waals surface area contributed by atoms with E-state index < -0.39 is 28.5 Å².